The van der Waals surface area contributed by atoms with Gasteiger partial charge in [-0.3, -0.25) is 9.59 Å². The maximum atomic E-state index is 12.2. The normalized spacial score (nSPS) is 45.3. The molecule has 1 unspecified atom stereocenters. The second kappa shape index (κ2) is 8.85. The van der Waals surface area contributed by atoms with E-state index in [1.54, 1.807) is 0 Å². The molecule has 0 bridgehead atoms. The summed E-state index contributed by atoms with van der Waals surface area (Å²) in [7, 11) is 0. The monoisotopic (exact) mass is 502 g/mol. The Hall–Kier alpha value is -1.89. The third-order valence-electron chi connectivity index (χ3n) is 10.8. The van der Waals surface area contributed by atoms with Gasteiger partial charge in [-0.1, -0.05) is 34.1 Å². The van der Waals surface area contributed by atoms with E-state index in [2.05, 4.69) is 27.7 Å². The Morgan fingerprint density at radius 1 is 0.917 bits per heavy atom. The minimum atomic E-state index is -1.09. The van der Waals surface area contributed by atoms with Gasteiger partial charge in [0.05, 0.1) is 6.10 Å². The molecule has 1 saturated heterocycles. The minimum absolute atomic E-state index is 0.0724. The van der Waals surface area contributed by atoms with Crippen LogP contribution < -0.4 is 0 Å². The Kier molecular flexibility index (Phi) is 6.33. The van der Waals surface area contributed by atoms with Crippen LogP contribution >= 0.6 is 0 Å². The lowest BCUT2D eigenvalue weighted by atomic mass is 9.38. The van der Waals surface area contributed by atoms with Crippen molar-refractivity contribution in [3.8, 4) is 0 Å². The van der Waals surface area contributed by atoms with Crippen LogP contribution in [0.1, 0.15) is 92.9 Å². The first-order chi connectivity index (χ1) is 16.8. The summed E-state index contributed by atoms with van der Waals surface area (Å²) >= 11 is 0. The van der Waals surface area contributed by atoms with Crippen molar-refractivity contribution < 1.29 is 33.3 Å². The smallest absolute Gasteiger partial charge is 0.334 e. The van der Waals surface area contributed by atoms with Gasteiger partial charge in [0.2, 0.25) is 6.29 Å². The third kappa shape index (κ3) is 4.10. The fourth-order valence-corrected chi connectivity index (χ4v) is 9.55. The molecule has 0 spiro atoms. The number of hydrogen-bond acceptors (Lipinski definition) is 7. The van der Waals surface area contributed by atoms with Crippen LogP contribution in [-0.2, 0) is 33.3 Å². The summed E-state index contributed by atoms with van der Waals surface area (Å²) in [6.45, 7) is 12.6. The standard InChI is InChI=1S/C29H42O7/c1-16(30)33-25-18-8-9-23-28(5,13-10-22-27(3,4)11-7-12-29(22,23)6)20(18)15-21(35-25)19-14-24(32)36-26(19)34-17(2)31/h14,18,20-23,25-26H,7-13,15H2,1-6H3/t18-,20+,21+,22-,23-,25-,26?,28-,29-/m0/s1. The molecule has 5 rings (SSSR count). The lowest BCUT2D eigenvalue weighted by Crippen LogP contribution is -2.62. The van der Waals surface area contributed by atoms with Crippen molar-refractivity contribution in [1.29, 1.82) is 0 Å². The summed E-state index contributed by atoms with van der Waals surface area (Å²) < 4.78 is 22.7. The largest absolute Gasteiger partial charge is 0.436 e. The molecule has 0 amide bonds. The van der Waals surface area contributed by atoms with Gasteiger partial charge in [0, 0.05) is 31.4 Å². The van der Waals surface area contributed by atoms with Gasteiger partial charge in [0.1, 0.15) is 0 Å². The number of esters is 3. The fraction of sp³-hybridized carbons (Fsp3) is 0.828. The molecule has 2 aliphatic heterocycles. The van der Waals surface area contributed by atoms with Gasteiger partial charge >= 0.3 is 17.9 Å². The molecular weight excluding hydrogens is 460 g/mol. The number of hydrogen-bond donors (Lipinski definition) is 0. The number of cyclic esters (lactones) is 1. The van der Waals surface area contributed by atoms with Gasteiger partial charge in [0.25, 0.3) is 6.29 Å². The van der Waals surface area contributed by atoms with Crippen molar-refractivity contribution in [2.24, 2.45) is 39.9 Å². The Labute approximate surface area is 214 Å². The first kappa shape index (κ1) is 25.7. The molecule has 9 atom stereocenters. The highest BCUT2D eigenvalue weighted by Gasteiger charge is 2.64. The molecule has 7 heteroatoms. The van der Waals surface area contributed by atoms with Crippen molar-refractivity contribution in [3.63, 3.8) is 0 Å². The Morgan fingerprint density at radius 2 is 1.64 bits per heavy atom. The second-order valence-electron chi connectivity index (χ2n) is 13.2. The predicted octanol–water partition coefficient (Wildman–Crippen LogP) is 5.31. The maximum absolute atomic E-state index is 12.2. The fourth-order valence-electron chi connectivity index (χ4n) is 9.55. The highest BCUT2D eigenvalue weighted by Crippen LogP contribution is 2.70. The summed E-state index contributed by atoms with van der Waals surface area (Å²) in [4.78, 5) is 35.9. The van der Waals surface area contributed by atoms with Gasteiger partial charge in [-0.2, -0.15) is 0 Å². The van der Waals surface area contributed by atoms with Crippen molar-refractivity contribution >= 4 is 17.9 Å². The van der Waals surface area contributed by atoms with Crippen molar-refractivity contribution in [1.82, 2.24) is 0 Å². The van der Waals surface area contributed by atoms with Crippen molar-refractivity contribution in [3.05, 3.63) is 11.6 Å². The first-order valence-corrected chi connectivity index (χ1v) is 13.8. The minimum Gasteiger partial charge on any atom is -0.436 e. The van der Waals surface area contributed by atoms with E-state index in [0.29, 0.717) is 29.2 Å². The molecule has 36 heavy (non-hydrogen) atoms. The Bertz CT molecular complexity index is 969. The molecule has 3 saturated carbocycles. The van der Waals surface area contributed by atoms with Gasteiger partial charge in [0.15, 0.2) is 0 Å². The average molecular weight is 503 g/mol. The van der Waals surface area contributed by atoms with Gasteiger partial charge in [-0.15, -0.1) is 0 Å². The highest BCUT2D eigenvalue weighted by molar-refractivity contribution is 5.86. The van der Waals surface area contributed by atoms with E-state index in [9.17, 15) is 14.4 Å². The lowest BCUT2D eigenvalue weighted by Gasteiger charge is -2.67. The second-order valence-corrected chi connectivity index (χ2v) is 13.2. The molecule has 0 aromatic heterocycles. The van der Waals surface area contributed by atoms with Crippen LogP contribution in [0.25, 0.3) is 0 Å². The number of rotatable bonds is 3. The van der Waals surface area contributed by atoms with E-state index >= 15 is 0 Å². The van der Waals surface area contributed by atoms with Crippen LogP contribution in [0.3, 0.4) is 0 Å². The van der Waals surface area contributed by atoms with E-state index in [-0.39, 0.29) is 28.6 Å². The van der Waals surface area contributed by atoms with E-state index in [1.165, 1.54) is 45.6 Å². The number of ether oxygens (including phenoxy) is 4. The Balaban J connectivity index is 1.49. The summed E-state index contributed by atoms with van der Waals surface area (Å²) in [6.07, 6.45) is 8.06. The van der Waals surface area contributed by atoms with Gasteiger partial charge in [-0.25, -0.2) is 4.79 Å². The Morgan fingerprint density at radius 3 is 2.33 bits per heavy atom. The molecule has 7 nitrogen and oxygen atoms in total. The zero-order chi connectivity index (χ0) is 26.0. The molecule has 4 fully saturated rings. The summed E-state index contributed by atoms with van der Waals surface area (Å²) in [6, 6.07) is 0. The van der Waals surface area contributed by atoms with Gasteiger partial charge in [-0.05, 0) is 78.9 Å². The third-order valence-corrected chi connectivity index (χ3v) is 10.8. The molecule has 5 aliphatic rings. The summed E-state index contributed by atoms with van der Waals surface area (Å²) in [5, 5.41) is 0. The van der Waals surface area contributed by atoms with E-state index < -0.39 is 30.6 Å². The summed E-state index contributed by atoms with van der Waals surface area (Å²) in [5.74, 6) is 0.218. The molecular formula is C29H42O7. The van der Waals surface area contributed by atoms with E-state index in [4.69, 9.17) is 18.9 Å². The van der Waals surface area contributed by atoms with Crippen LogP contribution in [0.5, 0.6) is 0 Å². The van der Waals surface area contributed by atoms with Crippen LogP contribution in [0.4, 0.5) is 0 Å². The van der Waals surface area contributed by atoms with Crippen LogP contribution in [-0.4, -0.2) is 36.6 Å². The van der Waals surface area contributed by atoms with Crippen LogP contribution in [0.2, 0.25) is 0 Å². The zero-order valence-corrected chi connectivity index (χ0v) is 22.6. The predicted molar refractivity (Wildman–Crippen MR) is 131 cm³/mol. The number of carbonyl (C=O) groups is 3. The number of fused-ring (bicyclic) bond motifs is 5. The maximum Gasteiger partial charge on any atom is 0.334 e. The number of carbonyl (C=O) groups excluding carboxylic acids is 3. The summed E-state index contributed by atoms with van der Waals surface area (Å²) in [5.41, 5.74) is 1.22. The van der Waals surface area contributed by atoms with Crippen molar-refractivity contribution in [2.75, 3.05) is 0 Å². The molecule has 200 valence electrons. The molecule has 0 radical (unpaired) electrons. The topological polar surface area (TPSA) is 88.1 Å². The van der Waals surface area contributed by atoms with E-state index in [1.807, 2.05) is 0 Å². The molecule has 3 aliphatic carbocycles. The van der Waals surface area contributed by atoms with Crippen molar-refractivity contribution in [2.45, 2.75) is 112 Å². The molecule has 0 aromatic carbocycles. The quantitative estimate of drug-likeness (QED) is 0.483. The SMILES string of the molecule is CC(=O)OC1OC(=O)C=C1[C@H]1C[C@@H]2[C@H](CC[C@H]3[C@@]2(C)CC[C@H]2C(C)(C)CCC[C@]32C)[C@@H](OC(C)=O)O1. The van der Waals surface area contributed by atoms with Crippen LogP contribution in [0.15, 0.2) is 11.6 Å². The van der Waals surface area contributed by atoms with Gasteiger partial charge < -0.3 is 18.9 Å². The highest BCUT2D eigenvalue weighted by atomic mass is 16.7. The average Bonchev–Trinajstić information content (AvgIpc) is 3.11. The van der Waals surface area contributed by atoms with Crippen LogP contribution in [0, 0.1) is 39.9 Å². The first-order valence-electron chi connectivity index (χ1n) is 13.8. The lowest BCUT2D eigenvalue weighted by molar-refractivity contribution is -0.270. The zero-order valence-electron chi connectivity index (χ0n) is 22.6. The van der Waals surface area contributed by atoms with E-state index in [0.717, 1.165) is 19.3 Å². The molecule has 0 aromatic rings. The molecule has 2 heterocycles. The molecule has 0 N–H and O–H groups in total.